The number of carbonyl (C=O) groups is 3. The molecule has 4 N–H and O–H groups in total. The second kappa shape index (κ2) is 5.32. The summed E-state index contributed by atoms with van der Waals surface area (Å²) in [5.74, 6) is -1.92. The molecule has 0 radical (unpaired) electrons. The molecule has 1 aromatic rings. The summed E-state index contributed by atoms with van der Waals surface area (Å²) < 4.78 is 0. The SMILES string of the molecule is NC(=O)c1cccc(C(=O)NC2(CC(=O)O)CCC2)c1. The van der Waals surface area contributed by atoms with E-state index in [0.717, 1.165) is 6.42 Å². The van der Waals surface area contributed by atoms with Gasteiger partial charge in [0.1, 0.15) is 0 Å². The van der Waals surface area contributed by atoms with Crippen LogP contribution in [0.4, 0.5) is 0 Å². The average molecular weight is 276 g/mol. The highest BCUT2D eigenvalue weighted by Gasteiger charge is 2.40. The Labute approximate surface area is 116 Å². The summed E-state index contributed by atoms with van der Waals surface area (Å²) in [4.78, 5) is 34.1. The van der Waals surface area contributed by atoms with Crippen LogP contribution in [0.3, 0.4) is 0 Å². The van der Waals surface area contributed by atoms with E-state index in [4.69, 9.17) is 10.8 Å². The molecule has 0 aliphatic heterocycles. The van der Waals surface area contributed by atoms with Gasteiger partial charge < -0.3 is 16.2 Å². The topological polar surface area (TPSA) is 109 Å². The van der Waals surface area contributed by atoms with Crippen LogP contribution in [-0.2, 0) is 4.79 Å². The molecule has 1 fully saturated rings. The quantitative estimate of drug-likeness (QED) is 0.742. The number of nitrogens with one attached hydrogen (secondary N) is 1. The largest absolute Gasteiger partial charge is 0.481 e. The van der Waals surface area contributed by atoms with Crippen LogP contribution in [0.5, 0.6) is 0 Å². The van der Waals surface area contributed by atoms with Crippen molar-refractivity contribution in [1.29, 1.82) is 0 Å². The Bertz CT molecular complexity index is 564. The summed E-state index contributed by atoms with van der Waals surface area (Å²) in [6.07, 6.45) is 2.12. The lowest BCUT2D eigenvalue weighted by atomic mass is 9.74. The molecule has 0 unspecified atom stereocenters. The molecule has 0 aromatic heterocycles. The molecule has 106 valence electrons. The highest BCUT2D eigenvalue weighted by atomic mass is 16.4. The van der Waals surface area contributed by atoms with Crippen LogP contribution < -0.4 is 11.1 Å². The van der Waals surface area contributed by atoms with Gasteiger partial charge in [-0.15, -0.1) is 0 Å². The van der Waals surface area contributed by atoms with E-state index in [0.29, 0.717) is 18.4 Å². The smallest absolute Gasteiger partial charge is 0.305 e. The number of primary amides is 1. The van der Waals surface area contributed by atoms with E-state index in [1.54, 1.807) is 12.1 Å². The van der Waals surface area contributed by atoms with Crippen molar-refractivity contribution in [2.24, 2.45) is 5.73 Å². The van der Waals surface area contributed by atoms with Crippen LogP contribution in [0.15, 0.2) is 24.3 Å². The van der Waals surface area contributed by atoms with E-state index in [9.17, 15) is 14.4 Å². The van der Waals surface area contributed by atoms with Crippen molar-refractivity contribution in [3.8, 4) is 0 Å². The first-order valence-corrected chi connectivity index (χ1v) is 6.36. The summed E-state index contributed by atoms with van der Waals surface area (Å²) in [7, 11) is 0. The zero-order valence-electron chi connectivity index (χ0n) is 10.9. The van der Waals surface area contributed by atoms with Crippen molar-refractivity contribution in [3.05, 3.63) is 35.4 Å². The van der Waals surface area contributed by atoms with Gasteiger partial charge in [0.2, 0.25) is 5.91 Å². The minimum absolute atomic E-state index is 0.0890. The predicted octanol–water partition coefficient (Wildman–Crippen LogP) is 0.913. The van der Waals surface area contributed by atoms with Gasteiger partial charge in [0.15, 0.2) is 0 Å². The Kier molecular flexibility index (Phi) is 3.74. The second-order valence-electron chi connectivity index (χ2n) is 5.10. The molecule has 1 aliphatic rings. The lowest BCUT2D eigenvalue weighted by molar-refractivity contribution is -0.139. The van der Waals surface area contributed by atoms with Gasteiger partial charge in [0.25, 0.3) is 5.91 Å². The third-order valence-electron chi connectivity index (χ3n) is 3.59. The maximum atomic E-state index is 12.2. The first kappa shape index (κ1) is 14.0. The summed E-state index contributed by atoms with van der Waals surface area (Å²) in [6.45, 7) is 0. The van der Waals surface area contributed by atoms with Crippen LogP contribution in [0, 0.1) is 0 Å². The van der Waals surface area contributed by atoms with E-state index in [1.807, 2.05) is 0 Å². The van der Waals surface area contributed by atoms with Gasteiger partial charge in [-0.2, -0.15) is 0 Å². The van der Waals surface area contributed by atoms with E-state index in [-0.39, 0.29) is 17.9 Å². The highest BCUT2D eigenvalue weighted by Crippen LogP contribution is 2.35. The van der Waals surface area contributed by atoms with Crippen LogP contribution in [-0.4, -0.2) is 28.4 Å². The number of benzene rings is 1. The third kappa shape index (κ3) is 2.96. The fraction of sp³-hybridized carbons (Fsp3) is 0.357. The van der Waals surface area contributed by atoms with Gasteiger partial charge in [-0.25, -0.2) is 0 Å². The zero-order chi connectivity index (χ0) is 14.8. The Morgan fingerprint density at radius 3 is 2.40 bits per heavy atom. The van der Waals surface area contributed by atoms with Crippen molar-refractivity contribution in [3.63, 3.8) is 0 Å². The molecule has 1 saturated carbocycles. The van der Waals surface area contributed by atoms with E-state index in [2.05, 4.69) is 5.32 Å². The molecular weight excluding hydrogens is 260 g/mol. The van der Waals surface area contributed by atoms with Gasteiger partial charge in [-0.05, 0) is 37.5 Å². The van der Waals surface area contributed by atoms with Gasteiger partial charge in [-0.3, -0.25) is 14.4 Å². The molecule has 2 rings (SSSR count). The standard InChI is InChI=1S/C14H16N2O4/c15-12(19)9-3-1-4-10(7-9)13(20)16-14(5-2-6-14)8-11(17)18/h1,3-4,7H,2,5-6,8H2,(H2,15,19)(H,16,20)(H,17,18). The second-order valence-corrected chi connectivity index (χ2v) is 5.10. The van der Waals surface area contributed by atoms with Crippen LogP contribution in [0.1, 0.15) is 46.4 Å². The summed E-state index contributed by atoms with van der Waals surface area (Å²) in [5.41, 5.74) is 5.06. The molecule has 0 heterocycles. The molecule has 1 aliphatic carbocycles. The molecule has 0 spiro atoms. The Morgan fingerprint density at radius 1 is 1.25 bits per heavy atom. The van der Waals surface area contributed by atoms with Gasteiger partial charge in [0.05, 0.1) is 12.0 Å². The first-order valence-electron chi connectivity index (χ1n) is 6.36. The normalized spacial score (nSPS) is 16.0. The minimum atomic E-state index is -0.934. The Balaban J connectivity index is 2.13. The average Bonchev–Trinajstić information content (AvgIpc) is 2.35. The lowest BCUT2D eigenvalue weighted by Crippen LogP contribution is -2.54. The lowest BCUT2D eigenvalue weighted by Gasteiger charge is -2.41. The van der Waals surface area contributed by atoms with Crippen LogP contribution in [0.25, 0.3) is 0 Å². The number of rotatable bonds is 5. The fourth-order valence-electron chi connectivity index (χ4n) is 2.37. The predicted molar refractivity (Wildman–Crippen MR) is 71.3 cm³/mol. The van der Waals surface area contributed by atoms with Crippen LogP contribution >= 0.6 is 0 Å². The number of carboxylic acid groups (broad SMARTS) is 1. The third-order valence-corrected chi connectivity index (χ3v) is 3.59. The number of nitrogens with two attached hydrogens (primary N) is 1. The van der Waals surface area contributed by atoms with E-state index < -0.39 is 17.4 Å². The Morgan fingerprint density at radius 2 is 1.90 bits per heavy atom. The van der Waals surface area contributed by atoms with Gasteiger partial charge >= 0.3 is 5.97 Å². The monoisotopic (exact) mass is 276 g/mol. The Hall–Kier alpha value is -2.37. The number of amides is 2. The van der Waals surface area contributed by atoms with Gasteiger partial charge in [-0.1, -0.05) is 6.07 Å². The summed E-state index contributed by atoms with van der Waals surface area (Å²) in [6, 6.07) is 6.06. The molecule has 0 saturated heterocycles. The zero-order valence-corrected chi connectivity index (χ0v) is 10.9. The highest BCUT2D eigenvalue weighted by molar-refractivity contribution is 5.99. The molecule has 6 heteroatoms. The van der Waals surface area contributed by atoms with Crippen molar-refractivity contribution in [2.45, 2.75) is 31.2 Å². The van der Waals surface area contributed by atoms with Crippen LogP contribution in [0.2, 0.25) is 0 Å². The van der Waals surface area contributed by atoms with E-state index in [1.165, 1.54) is 12.1 Å². The fourth-order valence-corrected chi connectivity index (χ4v) is 2.37. The van der Waals surface area contributed by atoms with Gasteiger partial charge in [0, 0.05) is 11.1 Å². The molecule has 2 amide bonds. The maximum Gasteiger partial charge on any atom is 0.305 e. The number of aliphatic carboxylic acids is 1. The molecule has 0 atom stereocenters. The molecule has 0 bridgehead atoms. The number of hydrogen-bond acceptors (Lipinski definition) is 3. The van der Waals surface area contributed by atoms with Crippen molar-refractivity contribution >= 4 is 17.8 Å². The number of carboxylic acids is 1. The maximum absolute atomic E-state index is 12.2. The first-order chi connectivity index (χ1) is 9.42. The van der Waals surface area contributed by atoms with Crippen molar-refractivity contribution in [2.75, 3.05) is 0 Å². The summed E-state index contributed by atoms with van der Waals surface area (Å²) >= 11 is 0. The minimum Gasteiger partial charge on any atom is -0.481 e. The number of carbonyl (C=O) groups excluding carboxylic acids is 2. The number of hydrogen-bond donors (Lipinski definition) is 3. The molecule has 20 heavy (non-hydrogen) atoms. The van der Waals surface area contributed by atoms with E-state index >= 15 is 0 Å². The molecular formula is C14H16N2O4. The molecule has 1 aromatic carbocycles. The van der Waals surface area contributed by atoms with Crippen molar-refractivity contribution < 1.29 is 19.5 Å². The molecule has 6 nitrogen and oxygen atoms in total. The van der Waals surface area contributed by atoms with Crippen molar-refractivity contribution in [1.82, 2.24) is 5.32 Å². The summed E-state index contributed by atoms with van der Waals surface area (Å²) in [5, 5.41) is 11.7.